The van der Waals surface area contributed by atoms with Gasteiger partial charge in [-0.15, -0.1) is 0 Å². The van der Waals surface area contributed by atoms with Gasteiger partial charge in [0.25, 0.3) is 0 Å². The minimum atomic E-state index is -0.224. The number of Topliss-reactive ketones (excluding diaryl/α,β-unsaturated/α-hetero) is 1. The highest BCUT2D eigenvalue weighted by molar-refractivity contribution is 5.89. The van der Waals surface area contributed by atoms with Gasteiger partial charge in [0.2, 0.25) is 0 Å². The van der Waals surface area contributed by atoms with Crippen LogP contribution in [0.2, 0.25) is 0 Å². The van der Waals surface area contributed by atoms with E-state index in [1.54, 1.807) is 24.3 Å². The van der Waals surface area contributed by atoms with Gasteiger partial charge in [-0.1, -0.05) is 12.1 Å². The van der Waals surface area contributed by atoms with Crippen LogP contribution < -0.4 is 5.73 Å². The molecule has 0 bridgehead atoms. The number of aromatic hydroxyl groups is 1. The van der Waals surface area contributed by atoms with Crippen molar-refractivity contribution < 1.29 is 9.90 Å². The first-order chi connectivity index (χ1) is 7.16. The van der Waals surface area contributed by atoms with Crippen molar-refractivity contribution in [2.45, 2.75) is 19.3 Å². The third-order valence-electron chi connectivity index (χ3n) is 3.14. The van der Waals surface area contributed by atoms with Crippen molar-refractivity contribution in [3.8, 4) is 5.75 Å². The number of hydrogen-bond donors (Lipinski definition) is 2. The Morgan fingerprint density at radius 2 is 1.93 bits per heavy atom. The molecule has 0 aliphatic heterocycles. The number of rotatable bonds is 4. The van der Waals surface area contributed by atoms with Crippen molar-refractivity contribution in [3.63, 3.8) is 0 Å². The van der Waals surface area contributed by atoms with Crippen molar-refractivity contribution in [1.29, 1.82) is 0 Å². The van der Waals surface area contributed by atoms with E-state index >= 15 is 0 Å². The van der Waals surface area contributed by atoms with E-state index in [9.17, 15) is 4.79 Å². The van der Waals surface area contributed by atoms with E-state index in [1.165, 1.54) is 0 Å². The van der Waals surface area contributed by atoms with E-state index in [4.69, 9.17) is 10.8 Å². The molecule has 0 aromatic heterocycles. The third kappa shape index (κ3) is 2.02. The molecule has 1 aliphatic carbocycles. The molecule has 0 unspecified atom stereocenters. The zero-order valence-corrected chi connectivity index (χ0v) is 8.57. The summed E-state index contributed by atoms with van der Waals surface area (Å²) in [5.74, 6) is 0.460. The maximum Gasteiger partial charge on any atom is 0.144 e. The number of nitrogens with two attached hydrogens (primary N) is 1. The first-order valence-electron chi connectivity index (χ1n) is 5.18. The molecule has 0 heterocycles. The summed E-state index contributed by atoms with van der Waals surface area (Å²) < 4.78 is 0. The summed E-state index contributed by atoms with van der Waals surface area (Å²) in [6.07, 6.45) is 2.29. The predicted molar refractivity (Wildman–Crippen MR) is 57.5 cm³/mol. The van der Waals surface area contributed by atoms with E-state index in [0.717, 1.165) is 18.4 Å². The molecule has 0 saturated heterocycles. The summed E-state index contributed by atoms with van der Waals surface area (Å²) in [5, 5.41) is 9.10. The lowest BCUT2D eigenvalue weighted by molar-refractivity contribution is -0.123. The summed E-state index contributed by atoms with van der Waals surface area (Å²) in [6.45, 7) is 0.462. The number of benzene rings is 1. The summed E-state index contributed by atoms with van der Waals surface area (Å²) in [5.41, 5.74) is 6.30. The Bertz CT molecular complexity index is 366. The second-order valence-corrected chi connectivity index (χ2v) is 4.25. The zero-order valence-electron chi connectivity index (χ0n) is 8.57. The predicted octanol–water partition coefficient (Wildman–Crippen LogP) is 1.24. The quantitative estimate of drug-likeness (QED) is 0.777. The highest BCUT2D eigenvalue weighted by atomic mass is 16.3. The molecule has 2 rings (SSSR count). The number of phenolic OH excluding ortho intramolecular Hbond substituents is 1. The molecule has 15 heavy (non-hydrogen) atoms. The molecule has 1 saturated carbocycles. The Labute approximate surface area is 88.9 Å². The van der Waals surface area contributed by atoms with Crippen molar-refractivity contribution in [3.05, 3.63) is 29.8 Å². The molecule has 0 spiro atoms. The van der Waals surface area contributed by atoms with Gasteiger partial charge in [-0.25, -0.2) is 0 Å². The Morgan fingerprint density at radius 1 is 1.33 bits per heavy atom. The van der Waals surface area contributed by atoms with Gasteiger partial charge >= 0.3 is 0 Å². The Kier molecular flexibility index (Phi) is 2.49. The first kappa shape index (κ1) is 10.2. The molecule has 3 heteroatoms. The maximum absolute atomic E-state index is 11.9. The van der Waals surface area contributed by atoms with Crippen molar-refractivity contribution in [2.75, 3.05) is 6.54 Å². The molecule has 80 valence electrons. The van der Waals surface area contributed by atoms with Crippen molar-refractivity contribution >= 4 is 5.78 Å². The average Bonchev–Trinajstić information content (AvgIpc) is 3.02. The van der Waals surface area contributed by atoms with Crippen LogP contribution in [0.3, 0.4) is 0 Å². The minimum Gasteiger partial charge on any atom is -0.508 e. The van der Waals surface area contributed by atoms with Crippen LogP contribution in [-0.2, 0) is 11.2 Å². The van der Waals surface area contributed by atoms with Gasteiger partial charge in [-0.3, -0.25) is 4.79 Å². The monoisotopic (exact) mass is 205 g/mol. The van der Waals surface area contributed by atoms with Gasteiger partial charge in [0.1, 0.15) is 11.5 Å². The highest BCUT2D eigenvalue weighted by Gasteiger charge is 2.47. The van der Waals surface area contributed by atoms with Crippen molar-refractivity contribution in [1.82, 2.24) is 0 Å². The summed E-state index contributed by atoms with van der Waals surface area (Å²) in [4.78, 5) is 11.9. The average molecular weight is 205 g/mol. The van der Waals surface area contributed by atoms with E-state index in [2.05, 4.69) is 0 Å². The van der Waals surface area contributed by atoms with Crippen molar-refractivity contribution in [2.24, 2.45) is 11.1 Å². The molecule has 1 aromatic carbocycles. The second-order valence-electron chi connectivity index (χ2n) is 4.25. The minimum absolute atomic E-state index is 0.224. The van der Waals surface area contributed by atoms with Gasteiger partial charge in [0.05, 0.1) is 0 Å². The van der Waals surface area contributed by atoms with Gasteiger partial charge < -0.3 is 10.8 Å². The van der Waals surface area contributed by atoms with Crippen LogP contribution in [0, 0.1) is 5.41 Å². The molecule has 0 amide bonds. The standard InChI is InChI=1S/C12H15NO2/c13-8-12(5-6-12)11(15)7-9-1-3-10(14)4-2-9/h1-4,14H,5-8,13H2. The van der Waals surface area contributed by atoms with Crippen LogP contribution in [0.1, 0.15) is 18.4 Å². The molecule has 0 atom stereocenters. The lowest BCUT2D eigenvalue weighted by atomic mass is 9.95. The SMILES string of the molecule is NCC1(C(=O)Cc2ccc(O)cc2)CC1. The third-order valence-corrected chi connectivity index (χ3v) is 3.14. The van der Waals surface area contributed by atoms with Crippen LogP contribution in [-0.4, -0.2) is 17.4 Å². The number of phenols is 1. The second kappa shape index (κ2) is 3.66. The fourth-order valence-corrected chi connectivity index (χ4v) is 1.73. The molecular weight excluding hydrogens is 190 g/mol. The topological polar surface area (TPSA) is 63.3 Å². The Balaban J connectivity index is 2.03. The molecule has 1 aliphatic rings. The lowest BCUT2D eigenvalue weighted by Gasteiger charge is -2.10. The van der Waals surface area contributed by atoms with E-state index in [0.29, 0.717) is 13.0 Å². The molecule has 0 radical (unpaired) electrons. The number of hydrogen-bond acceptors (Lipinski definition) is 3. The van der Waals surface area contributed by atoms with Crippen LogP contribution in [0.15, 0.2) is 24.3 Å². The Morgan fingerprint density at radius 3 is 2.40 bits per heavy atom. The lowest BCUT2D eigenvalue weighted by Crippen LogP contribution is -2.26. The number of carbonyl (C=O) groups excluding carboxylic acids is 1. The van der Waals surface area contributed by atoms with E-state index < -0.39 is 0 Å². The van der Waals surface area contributed by atoms with E-state index in [1.807, 2.05) is 0 Å². The van der Waals surface area contributed by atoms with Gasteiger partial charge in [0, 0.05) is 18.4 Å². The molecular formula is C12H15NO2. The highest BCUT2D eigenvalue weighted by Crippen LogP contribution is 2.46. The van der Waals surface area contributed by atoms with Gasteiger partial charge in [0.15, 0.2) is 0 Å². The smallest absolute Gasteiger partial charge is 0.144 e. The molecule has 1 aromatic rings. The summed E-state index contributed by atoms with van der Waals surface area (Å²) in [7, 11) is 0. The fourth-order valence-electron chi connectivity index (χ4n) is 1.73. The first-order valence-corrected chi connectivity index (χ1v) is 5.18. The maximum atomic E-state index is 11.9. The van der Waals surface area contributed by atoms with Gasteiger partial charge in [-0.2, -0.15) is 0 Å². The zero-order chi connectivity index (χ0) is 10.9. The molecule has 1 fully saturated rings. The van der Waals surface area contributed by atoms with Crippen LogP contribution >= 0.6 is 0 Å². The normalized spacial score (nSPS) is 17.4. The summed E-state index contributed by atoms with van der Waals surface area (Å²) >= 11 is 0. The van der Waals surface area contributed by atoms with E-state index in [-0.39, 0.29) is 16.9 Å². The molecule has 3 nitrogen and oxygen atoms in total. The fraction of sp³-hybridized carbons (Fsp3) is 0.417. The number of ketones is 1. The van der Waals surface area contributed by atoms with Gasteiger partial charge in [-0.05, 0) is 30.5 Å². The van der Waals surface area contributed by atoms with Crippen LogP contribution in [0.25, 0.3) is 0 Å². The van der Waals surface area contributed by atoms with Crippen LogP contribution in [0.4, 0.5) is 0 Å². The largest absolute Gasteiger partial charge is 0.508 e. The number of carbonyl (C=O) groups is 1. The van der Waals surface area contributed by atoms with Crippen LogP contribution in [0.5, 0.6) is 5.75 Å². The summed E-state index contributed by atoms with van der Waals surface area (Å²) in [6, 6.07) is 6.76. The molecule has 3 N–H and O–H groups in total. The Hall–Kier alpha value is -1.35.